The summed E-state index contributed by atoms with van der Waals surface area (Å²) >= 11 is 0. The lowest BCUT2D eigenvalue weighted by Gasteiger charge is -2.27. The van der Waals surface area contributed by atoms with Crippen molar-refractivity contribution in [1.82, 2.24) is 15.2 Å². The molecule has 5 heteroatoms. The molecule has 1 heterocycles. The molecule has 2 N–H and O–H groups in total. The topological polar surface area (TPSA) is 73.9 Å². The van der Waals surface area contributed by atoms with E-state index in [9.17, 15) is 0 Å². The van der Waals surface area contributed by atoms with Crippen molar-refractivity contribution in [3.8, 4) is 6.01 Å². The van der Waals surface area contributed by atoms with E-state index < -0.39 is 0 Å². The molecule has 0 aliphatic heterocycles. The maximum Gasteiger partial charge on any atom is 0.336 e. The van der Waals surface area contributed by atoms with E-state index in [1.54, 1.807) is 0 Å². The Hall–Kier alpha value is -1.23. The zero-order valence-corrected chi connectivity index (χ0v) is 9.81. The fourth-order valence-electron chi connectivity index (χ4n) is 1.89. The Balaban J connectivity index is 2.05. The second-order valence-electron chi connectivity index (χ2n) is 4.37. The number of rotatable bonds is 2. The molecule has 1 aromatic rings. The highest BCUT2D eigenvalue weighted by atomic mass is 16.5. The van der Waals surface area contributed by atoms with E-state index in [0.29, 0.717) is 6.01 Å². The van der Waals surface area contributed by atoms with Gasteiger partial charge in [-0.05, 0) is 33.1 Å². The molecule has 2 atom stereocenters. The van der Waals surface area contributed by atoms with E-state index >= 15 is 0 Å². The summed E-state index contributed by atoms with van der Waals surface area (Å²) in [5.74, 6) is 0. The Labute approximate surface area is 95.4 Å². The number of hydrogen-bond acceptors (Lipinski definition) is 5. The number of aryl methyl sites for hydroxylation is 2. The molecule has 0 aromatic carbocycles. The molecule has 88 valence electrons. The van der Waals surface area contributed by atoms with Crippen LogP contribution in [-0.4, -0.2) is 27.3 Å². The van der Waals surface area contributed by atoms with Crippen LogP contribution in [0.3, 0.4) is 0 Å². The van der Waals surface area contributed by atoms with Crippen molar-refractivity contribution in [3.63, 3.8) is 0 Å². The highest BCUT2D eigenvalue weighted by molar-refractivity contribution is 5.08. The van der Waals surface area contributed by atoms with Gasteiger partial charge in [0.25, 0.3) is 0 Å². The SMILES string of the molecule is Cc1nnc(OC2CCCCC2N)nc1C. The zero-order valence-electron chi connectivity index (χ0n) is 9.81. The van der Waals surface area contributed by atoms with Gasteiger partial charge in [-0.1, -0.05) is 11.5 Å². The molecule has 0 spiro atoms. The monoisotopic (exact) mass is 222 g/mol. The maximum absolute atomic E-state index is 5.99. The number of nitrogens with zero attached hydrogens (tertiary/aromatic N) is 3. The fraction of sp³-hybridized carbons (Fsp3) is 0.727. The van der Waals surface area contributed by atoms with Crippen LogP contribution >= 0.6 is 0 Å². The van der Waals surface area contributed by atoms with E-state index in [0.717, 1.165) is 30.7 Å². The van der Waals surface area contributed by atoms with Crippen LogP contribution in [0.25, 0.3) is 0 Å². The summed E-state index contributed by atoms with van der Waals surface area (Å²) in [6.07, 6.45) is 4.39. The lowest BCUT2D eigenvalue weighted by Crippen LogP contribution is -2.41. The predicted octanol–water partition coefficient (Wildman–Crippen LogP) is 1.14. The van der Waals surface area contributed by atoms with Crippen molar-refractivity contribution in [3.05, 3.63) is 11.4 Å². The van der Waals surface area contributed by atoms with E-state index in [4.69, 9.17) is 10.5 Å². The molecule has 0 saturated heterocycles. The third-order valence-electron chi connectivity index (χ3n) is 3.08. The van der Waals surface area contributed by atoms with Crippen LogP contribution in [0, 0.1) is 13.8 Å². The maximum atomic E-state index is 5.99. The molecule has 16 heavy (non-hydrogen) atoms. The largest absolute Gasteiger partial charge is 0.457 e. The quantitative estimate of drug-likeness (QED) is 0.812. The van der Waals surface area contributed by atoms with Crippen LogP contribution < -0.4 is 10.5 Å². The van der Waals surface area contributed by atoms with Crippen molar-refractivity contribution in [1.29, 1.82) is 0 Å². The van der Waals surface area contributed by atoms with Gasteiger partial charge in [-0.2, -0.15) is 4.98 Å². The highest BCUT2D eigenvalue weighted by Gasteiger charge is 2.24. The van der Waals surface area contributed by atoms with Crippen LogP contribution in [0.2, 0.25) is 0 Å². The lowest BCUT2D eigenvalue weighted by molar-refractivity contribution is 0.119. The van der Waals surface area contributed by atoms with Gasteiger partial charge in [-0.15, -0.1) is 5.10 Å². The summed E-state index contributed by atoms with van der Waals surface area (Å²) < 4.78 is 5.69. The first kappa shape index (κ1) is 11.3. The van der Waals surface area contributed by atoms with Gasteiger partial charge in [0.15, 0.2) is 0 Å². The van der Waals surface area contributed by atoms with Crippen LogP contribution in [-0.2, 0) is 0 Å². The minimum absolute atomic E-state index is 0.0395. The average molecular weight is 222 g/mol. The van der Waals surface area contributed by atoms with Gasteiger partial charge in [-0.3, -0.25) is 0 Å². The smallest absolute Gasteiger partial charge is 0.336 e. The lowest BCUT2D eigenvalue weighted by atomic mass is 9.93. The molecule has 0 amide bonds. The molecule has 1 saturated carbocycles. The fourth-order valence-corrected chi connectivity index (χ4v) is 1.89. The highest BCUT2D eigenvalue weighted by Crippen LogP contribution is 2.20. The number of aromatic nitrogens is 3. The summed E-state index contributed by atoms with van der Waals surface area (Å²) in [7, 11) is 0. The molecule has 0 bridgehead atoms. The van der Waals surface area contributed by atoms with Gasteiger partial charge in [0.1, 0.15) is 6.10 Å². The molecule has 2 unspecified atom stereocenters. The van der Waals surface area contributed by atoms with Crippen molar-refractivity contribution in [2.24, 2.45) is 5.73 Å². The van der Waals surface area contributed by atoms with Gasteiger partial charge >= 0.3 is 6.01 Å². The van der Waals surface area contributed by atoms with E-state index in [1.807, 2.05) is 13.8 Å². The van der Waals surface area contributed by atoms with Crippen LogP contribution in [0.1, 0.15) is 37.1 Å². The average Bonchev–Trinajstić information content (AvgIpc) is 2.27. The Morgan fingerprint density at radius 3 is 2.56 bits per heavy atom. The summed E-state index contributed by atoms with van der Waals surface area (Å²) in [6.45, 7) is 3.78. The summed E-state index contributed by atoms with van der Waals surface area (Å²) in [5.41, 5.74) is 7.68. The van der Waals surface area contributed by atoms with Crippen molar-refractivity contribution >= 4 is 0 Å². The Bertz CT molecular complexity index is 369. The van der Waals surface area contributed by atoms with E-state index in [1.165, 1.54) is 6.42 Å². The van der Waals surface area contributed by atoms with Gasteiger partial charge in [0.05, 0.1) is 11.4 Å². The zero-order chi connectivity index (χ0) is 11.5. The van der Waals surface area contributed by atoms with Crippen molar-refractivity contribution < 1.29 is 4.74 Å². The first-order valence-electron chi connectivity index (χ1n) is 5.77. The van der Waals surface area contributed by atoms with Gasteiger partial charge in [-0.25, -0.2) is 0 Å². The standard InChI is InChI=1S/C11H18N4O/c1-7-8(2)14-15-11(13-7)16-10-6-4-3-5-9(10)12/h9-10H,3-6,12H2,1-2H3. The first-order valence-corrected chi connectivity index (χ1v) is 5.77. The summed E-state index contributed by atoms with van der Waals surface area (Å²) in [4.78, 5) is 4.25. The van der Waals surface area contributed by atoms with E-state index in [2.05, 4.69) is 15.2 Å². The molecule has 5 nitrogen and oxygen atoms in total. The Morgan fingerprint density at radius 2 is 1.88 bits per heavy atom. The summed E-state index contributed by atoms with van der Waals surface area (Å²) in [5, 5.41) is 7.92. The minimum Gasteiger partial charge on any atom is -0.457 e. The van der Waals surface area contributed by atoms with Crippen LogP contribution in [0.4, 0.5) is 0 Å². The van der Waals surface area contributed by atoms with Gasteiger partial charge in [0.2, 0.25) is 0 Å². The normalized spacial score (nSPS) is 25.4. The third-order valence-corrected chi connectivity index (χ3v) is 3.08. The Kier molecular flexibility index (Phi) is 3.33. The molecule has 1 aliphatic carbocycles. The summed E-state index contributed by atoms with van der Waals surface area (Å²) in [6, 6.07) is 0.449. The van der Waals surface area contributed by atoms with Gasteiger partial charge in [0, 0.05) is 6.04 Å². The third kappa shape index (κ3) is 2.47. The van der Waals surface area contributed by atoms with Gasteiger partial charge < -0.3 is 10.5 Å². The number of ether oxygens (including phenoxy) is 1. The molecular formula is C11H18N4O. The molecular weight excluding hydrogens is 204 g/mol. The second-order valence-corrected chi connectivity index (χ2v) is 4.37. The first-order chi connectivity index (χ1) is 7.66. The van der Waals surface area contributed by atoms with E-state index in [-0.39, 0.29) is 12.1 Å². The molecule has 2 rings (SSSR count). The van der Waals surface area contributed by atoms with Crippen LogP contribution in [0.15, 0.2) is 0 Å². The minimum atomic E-state index is 0.0395. The van der Waals surface area contributed by atoms with Crippen molar-refractivity contribution in [2.75, 3.05) is 0 Å². The second kappa shape index (κ2) is 4.74. The molecule has 1 aliphatic rings. The van der Waals surface area contributed by atoms with Crippen molar-refractivity contribution in [2.45, 2.75) is 51.7 Å². The number of nitrogens with two attached hydrogens (primary N) is 1. The molecule has 1 aromatic heterocycles. The molecule has 0 radical (unpaired) electrons. The van der Waals surface area contributed by atoms with Crippen LogP contribution in [0.5, 0.6) is 6.01 Å². The molecule has 1 fully saturated rings. The Morgan fingerprint density at radius 1 is 1.12 bits per heavy atom. The number of hydrogen-bond donors (Lipinski definition) is 1. The predicted molar refractivity (Wildman–Crippen MR) is 60.2 cm³/mol.